The lowest BCUT2D eigenvalue weighted by molar-refractivity contribution is -0.0681. The van der Waals surface area contributed by atoms with Crippen molar-refractivity contribution in [2.24, 2.45) is 46.3 Å². The molecular weight excluding hydrogens is 356 g/mol. The monoisotopic (exact) mass is 402 g/mol. The molecule has 0 amide bonds. The highest BCUT2D eigenvalue weighted by atomic mass is 16.3. The summed E-state index contributed by atoms with van der Waals surface area (Å²) < 4.78 is 0. The Morgan fingerprint density at radius 1 is 1.00 bits per heavy atom. The van der Waals surface area contributed by atoms with E-state index in [9.17, 15) is 10.2 Å². The minimum Gasteiger partial charge on any atom is -0.393 e. The Morgan fingerprint density at radius 3 is 2.48 bits per heavy atom. The third kappa shape index (κ3) is 3.65. The predicted octanol–water partition coefficient (Wildman–Crippen LogP) is 6.36. The van der Waals surface area contributed by atoms with E-state index < -0.39 is 0 Å². The second-order valence-corrected chi connectivity index (χ2v) is 12.3. The zero-order valence-electron chi connectivity index (χ0n) is 19.7. The molecule has 2 nitrogen and oxygen atoms in total. The van der Waals surface area contributed by atoms with Gasteiger partial charge in [-0.15, -0.1) is 0 Å². The van der Waals surface area contributed by atoms with Gasteiger partial charge in [0.2, 0.25) is 0 Å². The summed E-state index contributed by atoms with van der Waals surface area (Å²) in [6, 6.07) is 0. The van der Waals surface area contributed by atoms with Crippen molar-refractivity contribution >= 4 is 0 Å². The summed E-state index contributed by atoms with van der Waals surface area (Å²) in [7, 11) is 0. The maximum Gasteiger partial charge on any atom is 0.0577 e. The molecule has 29 heavy (non-hydrogen) atoms. The Morgan fingerprint density at radius 2 is 1.76 bits per heavy atom. The third-order valence-electron chi connectivity index (χ3n) is 10.4. The summed E-state index contributed by atoms with van der Waals surface area (Å²) in [5.41, 5.74) is 2.33. The summed E-state index contributed by atoms with van der Waals surface area (Å²) in [6.45, 7) is 12.0. The molecule has 9 atom stereocenters. The van der Waals surface area contributed by atoms with Gasteiger partial charge in [0.15, 0.2) is 0 Å². The Bertz CT molecular complexity index is 624. The van der Waals surface area contributed by atoms with Crippen molar-refractivity contribution in [3.8, 4) is 0 Å². The lowest BCUT2D eigenvalue weighted by Crippen LogP contribution is -2.51. The summed E-state index contributed by atoms with van der Waals surface area (Å²) in [4.78, 5) is 0. The largest absolute Gasteiger partial charge is 0.393 e. The van der Waals surface area contributed by atoms with Gasteiger partial charge in [-0.05, 0) is 111 Å². The van der Waals surface area contributed by atoms with E-state index in [1.165, 1.54) is 38.5 Å². The number of hydrogen-bond acceptors (Lipinski definition) is 2. The molecule has 0 aliphatic heterocycles. The molecule has 4 aliphatic rings. The van der Waals surface area contributed by atoms with Crippen molar-refractivity contribution in [3.63, 3.8) is 0 Å². The van der Waals surface area contributed by atoms with Crippen molar-refractivity contribution in [1.82, 2.24) is 0 Å². The van der Waals surface area contributed by atoms with Crippen LogP contribution in [0.3, 0.4) is 0 Å². The van der Waals surface area contributed by atoms with Crippen LogP contribution in [0.5, 0.6) is 0 Å². The van der Waals surface area contributed by atoms with E-state index in [4.69, 9.17) is 0 Å². The van der Waals surface area contributed by atoms with Crippen molar-refractivity contribution in [3.05, 3.63) is 11.6 Å². The zero-order valence-corrected chi connectivity index (χ0v) is 19.7. The van der Waals surface area contributed by atoms with Gasteiger partial charge in [-0.25, -0.2) is 0 Å². The van der Waals surface area contributed by atoms with Crippen molar-refractivity contribution in [2.75, 3.05) is 0 Å². The molecule has 3 saturated carbocycles. The molecule has 0 aromatic heterocycles. The molecule has 2 heteroatoms. The second-order valence-electron chi connectivity index (χ2n) is 12.3. The molecule has 8 unspecified atom stereocenters. The van der Waals surface area contributed by atoms with Gasteiger partial charge in [0, 0.05) is 0 Å². The van der Waals surface area contributed by atoms with Crippen LogP contribution < -0.4 is 0 Å². The molecule has 2 N–H and O–H groups in total. The number of allylic oxidation sites excluding steroid dienone is 1. The summed E-state index contributed by atoms with van der Waals surface area (Å²) in [6.07, 6.45) is 14.1. The molecule has 0 bridgehead atoms. The van der Waals surface area contributed by atoms with Gasteiger partial charge in [0.25, 0.3) is 0 Å². The molecule has 0 aromatic carbocycles. The molecule has 4 aliphatic carbocycles. The van der Waals surface area contributed by atoms with Crippen molar-refractivity contribution < 1.29 is 10.2 Å². The molecule has 3 fully saturated rings. The van der Waals surface area contributed by atoms with Crippen LogP contribution in [-0.2, 0) is 0 Å². The molecule has 0 saturated heterocycles. The summed E-state index contributed by atoms with van der Waals surface area (Å²) >= 11 is 0. The van der Waals surface area contributed by atoms with E-state index in [0.717, 1.165) is 43.4 Å². The number of aliphatic hydroxyl groups excluding tert-OH is 2. The van der Waals surface area contributed by atoms with E-state index in [0.29, 0.717) is 28.6 Å². The average Bonchev–Trinajstić information content (AvgIpc) is 3.03. The van der Waals surface area contributed by atoms with E-state index in [2.05, 4.69) is 40.7 Å². The van der Waals surface area contributed by atoms with Crippen LogP contribution in [0.2, 0.25) is 0 Å². The molecule has 0 heterocycles. The standard InChI is InChI=1S/C27H46O2/c1-17(2)6-11-25(29)18(3)22-9-10-23-21-8-7-19-16-20(28)12-14-26(19,4)24(21)13-15-27(22,23)5/h7,17-18,20-25,28-29H,6,8-16H2,1-5H3/t18-,20?,21?,22?,23?,24?,25?,26?,27?/m0/s1. The highest BCUT2D eigenvalue weighted by Crippen LogP contribution is 2.67. The van der Waals surface area contributed by atoms with Crippen LogP contribution in [-0.4, -0.2) is 22.4 Å². The number of rotatable bonds is 5. The average molecular weight is 403 g/mol. The minimum atomic E-state index is -0.133. The minimum absolute atomic E-state index is 0.108. The van der Waals surface area contributed by atoms with Crippen LogP contribution in [0.25, 0.3) is 0 Å². The molecule has 0 spiro atoms. The zero-order chi connectivity index (χ0) is 21.0. The topological polar surface area (TPSA) is 40.5 Å². The van der Waals surface area contributed by atoms with Crippen molar-refractivity contribution in [1.29, 1.82) is 0 Å². The lowest BCUT2D eigenvalue weighted by atomic mass is 9.47. The second kappa shape index (κ2) is 7.97. The highest BCUT2D eigenvalue weighted by Gasteiger charge is 2.59. The molecular formula is C27H46O2. The number of hydrogen-bond donors (Lipinski definition) is 2. The van der Waals surface area contributed by atoms with Gasteiger partial charge < -0.3 is 10.2 Å². The van der Waals surface area contributed by atoms with Gasteiger partial charge in [-0.2, -0.15) is 0 Å². The maximum atomic E-state index is 11.0. The van der Waals surface area contributed by atoms with Gasteiger partial charge in [0.1, 0.15) is 0 Å². The first kappa shape index (κ1) is 21.9. The van der Waals surface area contributed by atoms with Crippen molar-refractivity contribution in [2.45, 2.75) is 111 Å². The van der Waals surface area contributed by atoms with E-state index >= 15 is 0 Å². The Kier molecular flexibility index (Phi) is 6.01. The Labute approximate surface area is 179 Å². The summed E-state index contributed by atoms with van der Waals surface area (Å²) in [5, 5.41) is 21.2. The first-order valence-corrected chi connectivity index (χ1v) is 12.7. The molecule has 166 valence electrons. The fourth-order valence-corrected chi connectivity index (χ4v) is 8.58. The number of fused-ring (bicyclic) bond motifs is 5. The van der Waals surface area contributed by atoms with Gasteiger partial charge in [-0.1, -0.05) is 46.3 Å². The predicted molar refractivity (Wildman–Crippen MR) is 120 cm³/mol. The first-order chi connectivity index (χ1) is 13.7. The van der Waals surface area contributed by atoms with Crippen LogP contribution in [0.4, 0.5) is 0 Å². The van der Waals surface area contributed by atoms with Gasteiger partial charge in [-0.3, -0.25) is 0 Å². The quantitative estimate of drug-likeness (QED) is 0.525. The van der Waals surface area contributed by atoms with Crippen LogP contribution in [0.15, 0.2) is 11.6 Å². The van der Waals surface area contributed by atoms with Gasteiger partial charge >= 0.3 is 0 Å². The van der Waals surface area contributed by atoms with E-state index in [1.54, 1.807) is 5.57 Å². The molecule has 4 rings (SSSR count). The van der Waals surface area contributed by atoms with Crippen LogP contribution in [0.1, 0.15) is 98.8 Å². The van der Waals surface area contributed by atoms with Gasteiger partial charge in [0.05, 0.1) is 12.2 Å². The fourth-order valence-electron chi connectivity index (χ4n) is 8.58. The molecule has 0 aromatic rings. The molecule has 0 radical (unpaired) electrons. The van der Waals surface area contributed by atoms with Crippen LogP contribution in [0, 0.1) is 46.3 Å². The van der Waals surface area contributed by atoms with E-state index in [1.807, 2.05) is 0 Å². The first-order valence-electron chi connectivity index (χ1n) is 12.7. The summed E-state index contributed by atoms with van der Waals surface area (Å²) in [5.74, 6) is 4.25. The highest BCUT2D eigenvalue weighted by molar-refractivity contribution is 5.25. The Hall–Kier alpha value is -0.340. The van der Waals surface area contributed by atoms with E-state index in [-0.39, 0.29) is 12.2 Å². The Balaban J connectivity index is 1.51. The number of aliphatic hydroxyl groups is 2. The fraction of sp³-hybridized carbons (Fsp3) is 0.926. The van der Waals surface area contributed by atoms with Crippen LogP contribution >= 0.6 is 0 Å². The lowest BCUT2D eigenvalue weighted by Gasteiger charge is -2.58. The SMILES string of the molecule is CC(C)CCC(O)[C@@H](C)C1CCC2C3CC=C4CC(O)CCC4(C)C3CCC21C. The third-order valence-corrected chi connectivity index (χ3v) is 10.4. The normalized spacial score (nSPS) is 46.5. The smallest absolute Gasteiger partial charge is 0.0577 e. The maximum absolute atomic E-state index is 11.0.